The molecule has 0 atom stereocenters. The third-order valence-corrected chi connectivity index (χ3v) is 6.57. The molecule has 0 radical (unpaired) electrons. The van der Waals surface area contributed by atoms with E-state index in [1.165, 1.54) is 154 Å². The Labute approximate surface area is 234 Å². The molecule has 200 valence electrons. The van der Waals surface area contributed by atoms with E-state index in [9.17, 15) is 0 Å². The van der Waals surface area contributed by atoms with Gasteiger partial charge in [-0.15, -0.1) is 0 Å². The van der Waals surface area contributed by atoms with Gasteiger partial charge in [0.2, 0.25) is 0 Å². The van der Waals surface area contributed by atoms with Crippen LogP contribution in [0, 0.1) is 0 Å². The van der Waals surface area contributed by atoms with Gasteiger partial charge < -0.3 is 25.3 Å². The summed E-state index contributed by atoms with van der Waals surface area (Å²) in [6.45, 7) is 4.56. The average molecular weight is 608 g/mol. The minimum absolute atomic E-state index is 0.230. The first-order chi connectivity index (χ1) is 16.2. The van der Waals surface area contributed by atoms with E-state index in [-0.39, 0.29) is 21.1 Å². The van der Waals surface area contributed by atoms with Crippen molar-refractivity contribution in [2.24, 2.45) is 0 Å². The molecule has 0 aliphatic carbocycles. The maximum absolute atomic E-state index is 4.92. The Bertz CT molecular complexity index is 224. The fourth-order valence-electron chi connectivity index (χ4n) is 3.89. The van der Waals surface area contributed by atoms with Gasteiger partial charge in [0.25, 0.3) is 0 Å². The van der Waals surface area contributed by atoms with E-state index in [1.807, 2.05) is 0 Å². The average Bonchev–Trinajstić information content (AvgIpc) is 2.82. The van der Waals surface area contributed by atoms with E-state index >= 15 is 0 Å². The van der Waals surface area contributed by atoms with E-state index in [4.69, 9.17) is 25.3 Å². The number of rotatable bonds is 24. The van der Waals surface area contributed by atoms with Gasteiger partial charge >= 0.3 is 31.0 Å². The van der Waals surface area contributed by atoms with Gasteiger partial charge in [0.15, 0.2) is 0 Å². The molecule has 0 fully saturated rings. The van der Waals surface area contributed by atoms with Crippen LogP contribution in [0.25, 0.3) is 0 Å². The molecule has 0 aliphatic heterocycles. The van der Waals surface area contributed by atoms with Crippen molar-refractivity contribution < 1.29 is 0 Å². The molecule has 0 spiro atoms. The summed E-state index contributed by atoms with van der Waals surface area (Å²) in [4.78, 5) is 4.59. The van der Waals surface area contributed by atoms with Crippen LogP contribution in [0.1, 0.15) is 168 Å². The summed E-state index contributed by atoms with van der Waals surface area (Å²) in [6.07, 6.45) is 34.0. The molecule has 0 aliphatic rings. The third-order valence-electron chi connectivity index (χ3n) is 6.00. The summed E-state index contributed by atoms with van der Waals surface area (Å²) in [7, 11) is 0. The maximum atomic E-state index is 4.92. The molecular formula is C30H64S2Sn. The van der Waals surface area contributed by atoms with Gasteiger partial charge in [0, 0.05) is 0 Å². The Balaban J connectivity index is -0.000000487. The van der Waals surface area contributed by atoms with E-state index in [2.05, 4.69) is 23.7 Å². The van der Waals surface area contributed by atoms with Crippen LogP contribution in [0.5, 0.6) is 0 Å². The van der Waals surface area contributed by atoms with Crippen molar-refractivity contribution in [3.05, 3.63) is 0 Å². The van der Waals surface area contributed by atoms with Crippen LogP contribution in [0.4, 0.5) is 0 Å². The van der Waals surface area contributed by atoms with Gasteiger partial charge in [-0.2, -0.15) is 11.5 Å². The predicted molar refractivity (Wildman–Crippen MR) is 164 cm³/mol. The molecule has 0 aromatic heterocycles. The molecule has 0 unspecified atom stereocenters. The molecule has 0 nitrogen and oxygen atoms in total. The SMILES string of the molecule is CCCCCCCCCCCCCC[S-].CCCCCCCCCCCCCC[S-].[CH3][Sn+2][CH3]. The van der Waals surface area contributed by atoms with Crippen molar-refractivity contribution in [1.29, 1.82) is 0 Å². The standard InChI is InChI=1S/2C14H30S.2CH3.Sn/c2*1-2-3-4-5-6-7-8-9-10-11-12-13-14-15;;;/h2*15H,2-14H2,1H3;2*1H3;/q;;;;+2/p-2. The zero-order valence-corrected chi connectivity index (χ0v) is 28.2. The van der Waals surface area contributed by atoms with Gasteiger partial charge in [-0.25, -0.2) is 0 Å². The van der Waals surface area contributed by atoms with Crippen molar-refractivity contribution in [3.8, 4) is 0 Å². The summed E-state index contributed by atoms with van der Waals surface area (Å²) >= 11 is 10.1. The number of unbranched alkanes of at least 4 members (excludes halogenated alkanes) is 22. The zero-order valence-electron chi connectivity index (χ0n) is 23.7. The summed E-state index contributed by atoms with van der Waals surface area (Å²) < 4.78 is 0. The third kappa shape index (κ3) is 51.1. The molecule has 0 N–H and O–H groups in total. The molecule has 0 saturated heterocycles. The zero-order chi connectivity index (χ0) is 25.1. The number of hydrogen-bond acceptors (Lipinski definition) is 2. The number of hydrogen-bond donors (Lipinski definition) is 0. The van der Waals surface area contributed by atoms with Crippen LogP contribution in [0.3, 0.4) is 0 Å². The first kappa shape index (κ1) is 39.0. The molecule has 0 rings (SSSR count). The van der Waals surface area contributed by atoms with Crippen LogP contribution in [0.15, 0.2) is 0 Å². The van der Waals surface area contributed by atoms with Crippen LogP contribution < -0.4 is 0 Å². The Morgan fingerprint density at radius 1 is 0.333 bits per heavy atom. The fourth-order valence-corrected chi connectivity index (χ4v) is 4.29. The normalized spacial score (nSPS) is 10.1. The monoisotopic (exact) mass is 608 g/mol. The van der Waals surface area contributed by atoms with Crippen molar-refractivity contribution in [2.45, 2.75) is 178 Å². The molecular weight excluding hydrogens is 543 g/mol. The second kappa shape index (κ2) is 43.6. The summed E-state index contributed by atoms with van der Waals surface area (Å²) in [5.41, 5.74) is 0. The van der Waals surface area contributed by atoms with Crippen molar-refractivity contribution in [3.63, 3.8) is 0 Å². The second-order valence-electron chi connectivity index (χ2n) is 9.69. The molecule has 33 heavy (non-hydrogen) atoms. The Morgan fingerprint density at radius 3 is 0.636 bits per heavy atom. The van der Waals surface area contributed by atoms with Crippen LogP contribution in [-0.2, 0) is 25.3 Å². The van der Waals surface area contributed by atoms with Gasteiger partial charge in [-0.3, -0.25) is 0 Å². The van der Waals surface area contributed by atoms with Gasteiger partial charge in [0.05, 0.1) is 0 Å². The summed E-state index contributed by atoms with van der Waals surface area (Å²) in [5, 5.41) is 0. The fraction of sp³-hybridized carbons (Fsp3) is 1.00. The summed E-state index contributed by atoms with van der Waals surface area (Å²) in [5.74, 6) is 1.91. The molecule has 3 heteroatoms. The van der Waals surface area contributed by atoms with Gasteiger partial charge in [-0.1, -0.05) is 168 Å². The van der Waals surface area contributed by atoms with Crippen LogP contribution in [0.2, 0.25) is 9.88 Å². The topological polar surface area (TPSA) is 0 Å². The first-order valence-corrected chi connectivity index (χ1v) is 21.9. The molecule has 0 heterocycles. The first-order valence-electron chi connectivity index (χ1n) is 15.0. The molecule has 0 amide bonds. The second-order valence-corrected chi connectivity index (χ2v) is 13.4. The van der Waals surface area contributed by atoms with Gasteiger partial charge in [0.1, 0.15) is 0 Å². The van der Waals surface area contributed by atoms with Gasteiger partial charge in [-0.05, 0) is 0 Å². The molecule has 0 saturated carbocycles. The van der Waals surface area contributed by atoms with Crippen molar-refractivity contribution in [2.75, 3.05) is 11.5 Å². The van der Waals surface area contributed by atoms with Crippen LogP contribution in [-0.4, -0.2) is 32.6 Å². The molecule has 0 bridgehead atoms. The van der Waals surface area contributed by atoms with E-state index in [0.717, 1.165) is 11.5 Å². The predicted octanol–water partition coefficient (Wildman–Crippen LogP) is 11.3. The van der Waals surface area contributed by atoms with Crippen molar-refractivity contribution in [1.82, 2.24) is 0 Å². The summed E-state index contributed by atoms with van der Waals surface area (Å²) in [6, 6.07) is 0. The molecule has 0 aromatic rings. The molecule has 0 aromatic carbocycles. The Kier molecular flexibility index (Phi) is 51.5. The minimum atomic E-state index is 0.230. The quantitative estimate of drug-likeness (QED) is 0.0608. The van der Waals surface area contributed by atoms with E-state index in [1.54, 1.807) is 0 Å². The Hall–Kier alpha value is 1.50. The van der Waals surface area contributed by atoms with Crippen LogP contribution >= 0.6 is 0 Å². The van der Waals surface area contributed by atoms with E-state index in [0.29, 0.717) is 0 Å². The van der Waals surface area contributed by atoms with E-state index < -0.39 is 0 Å². The van der Waals surface area contributed by atoms with Crippen molar-refractivity contribution >= 4 is 46.4 Å². The Morgan fingerprint density at radius 2 is 0.485 bits per heavy atom.